The molecule has 1 unspecified atom stereocenters. The van der Waals surface area contributed by atoms with E-state index in [2.05, 4.69) is 30.9 Å². The van der Waals surface area contributed by atoms with Crippen LogP contribution in [0.15, 0.2) is 0 Å². The third kappa shape index (κ3) is 4.14. The minimum Gasteiger partial charge on any atom is -0.395 e. The first-order valence-corrected chi connectivity index (χ1v) is 6.55. The minimum absolute atomic E-state index is 0. The van der Waals surface area contributed by atoms with Crippen molar-refractivity contribution in [3.8, 4) is 0 Å². The number of halogens is 3. The van der Waals surface area contributed by atoms with E-state index in [0.717, 1.165) is 6.04 Å². The number of likely N-dealkylation sites (tertiary alicyclic amines) is 1. The number of rotatable bonds is 2. The summed E-state index contributed by atoms with van der Waals surface area (Å²) in [5.74, 6) is 0. The molecule has 0 aromatic rings. The summed E-state index contributed by atoms with van der Waals surface area (Å²) in [6.07, 6.45) is 5.02. The number of hydrogen-bond donors (Lipinski definition) is 1. The molecule has 0 radical (unpaired) electrons. The van der Waals surface area contributed by atoms with Gasteiger partial charge in [-0.15, -0.1) is 24.8 Å². The van der Waals surface area contributed by atoms with Gasteiger partial charge in [-0.2, -0.15) is 0 Å². The van der Waals surface area contributed by atoms with Gasteiger partial charge in [0.05, 0.1) is 6.61 Å². The van der Waals surface area contributed by atoms with Gasteiger partial charge in [0.15, 0.2) is 0 Å². The van der Waals surface area contributed by atoms with Crippen molar-refractivity contribution in [1.29, 1.82) is 0 Å². The normalized spacial score (nSPS) is 28.5. The molecule has 3 nitrogen and oxygen atoms in total. The van der Waals surface area contributed by atoms with Gasteiger partial charge >= 0.3 is 0 Å². The summed E-state index contributed by atoms with van der Waals surface area (Å²) in [5, 5.41) is 9.27. The summed E-state index contributed by atoms with van der Waals surface area (Å²) < 4.78 is 2.37. The molecule has 6 heteroatoms. The lowest BCUT2D eigenvalue weighted by molar-refractivity contribution is 0.0938. The average molecular weight is 383 g/mol. The van der Waals surface area contributed by atoms with Gasteiger partial charge in [0.25, 0.3) is 0 Å². The van der Waals surface area contributed by atoms with E-state index >= 15 is 0 Å². The van der Waals surface area contributed by atoms with E-state index < -0.39 is 0 Å². The van der Waals surface area contributed by atoms with Crippen LogP contribution in [0.2, 0.25) is 0 Å². The topological polar surface area (TPSA) is 26.7 Å². The Balaban J connectivity index is 0.00000112. The van der Waals surface area contributed by atoms with Gasteiger partial charge in [0.1, 0.15) is 0 Å². The monoisotopic (exact) mass is 382 g/mol. The Hall–Kier alpha value is 1.19. The molecule has 2 heterocycles. The fraction of sp³-hybridized carbons (Fsp3) is 1.00. The molecule has 0 aromatic heterocycles. The number of hydrogen-bond acceptors (Lipinski definition) is 3. The highest BCUT2D eigenvalue weighted by atomic mass is 127. The van der Waals surface area contributed by atoms with Crippen molar-refractivity contribution in [2.45, 2.75) is 37.8 Å². The Morgan fingerprint density at radius 2 is 1.69 bits per heavy atom. The van der Waals surface area contributed by atoms with Gasteiger partial charge < -0.3 is 5.11 Å². The van der Waals surface area contributed by atoms with Crippen LogP contribution in [0.3, 0.4) is 0 Å². The average Bonchev–Trinajstić information content (AvgIpc) is 2.67. The van der Waals surface area contributed by atoms with Crippen molar-refractivity contribution < 1.29 is 5.11 Å². The highest BCUT2D eigenvalue weighted by Crippen LogP contribution is 2.26. The number of piperidine rings is 1. The number of nitrogens with zero attached hydrogens (tertiary/aromatic N) is 2. The third-order valence-electron chi connectivity index (χ3n) is 3.51. The quantitative estimate of drug-likeness (QED) is 0.585. The van der Waals surface area contributed by atoms with Gasteiger partial charge in [-0.3, -0.25) is 4.90 Å². The van der Waals surface area contributed by atoms with Gasteiger partial charge in [-0.05, 0) is 32.2 Å². The molecule has 0 saturated carbocycles. The Labute approximate surface area is 124 Å². The van der Waals surface area contributed by atoms with Gasteiger partial charge in [0, 0.05) is 48.0 Å². The van der Waals surface area contributed by atoms with Crippen LogP contribution < -0.4 is 0 Å². The molecule has 0 spiro atoms. The van der Waals surface area contributed by atoms with E-state index in [0.29, 0.717) is 12.6 Å². The Morgan fingerprint density at radius 1 is 1.06 bits per heavy atom. The molecular weight excluding hydrogens is 362 g/mol. The molecule has 1 atom stereocenters. The second-order valence-corrected chi connectivity index (χ2v) is 5.72. The highest BCUT2D eigenvalue weighted by Gasteiger charge is 2.31. The summed E-state index contributed by atoms with van der Waals surface area (Å²) in [6, 6.07) is 1.20. The third-order valence-corrected chi connectivity index (χ3v) is 4.48. The smallest absolute Gasteiger partial charge is 0.0586 e. The molecule has 2 fully saturated rings. The van der Waals surface area contributed by atoms with E-state index in [4.69, 9.17) is 0 Å². The van der Waals surface area contributed by atoms with E-state index in [1.165, 1.54) is 45.3 Å². The first-order chi connectivity index (χ1) is 6.81. The van der Waals surface area contributed by atoms with Crippen LogP contribution in [0.25, 0.3) is 0 Å². The second kappa shape index (κ2) is 8.32. The lowest BCUT2D eigenvalue weighted by Crippen LogP contribution is -2.45. The zero-order chi connectivity index (χ0) is 9.97. The van der Waals surface area contributed by atoms with Crippen molar-refractivity contribution in [2.24, 2.45) is 0 Å². The van der Waals surface area contributed by atoms with Gasteiger partial charge in [-0.25, -0.2) is 3.11 Å². The fourth-order valence-corrected chi connectivity index (χ4v) is 3.26. The van der Waals surface area contributed by atoms with Crippen LogP contribution in [-0.4, -0.2) is 51.4 Å². The minimum atomic E-state index is 0. The lowest BCUT2D eigenvalue weighted by atomic mass is 10.0. The molecule has 0 amide bonds. The maximum Gasteiger partial charge on any atom is 0.0586 e. The molecule has 0 aromatic carbocycles. The van der Waals surface area contributed by atoms with E-state index in [9.17, 15) is 5.11 Å². The molecule has 2 aliphatic heterocycles. The lowest BCUT2D eigenvalue weighted by Gasteiger charge is -2.37. The van der Waals surface area contributed by atoms with Crippen molar-refractivity contribution in [3.05, 3.63) is 0 Å². The van der Waals surface area contributed by atoms with Crippen molar-refractivity contribution >= 4 is 47.7 Å². The van der Waals surface area contributed by atoms with E-state index in [1.54, 1.807) is 0 Å². The standard InChI is InChI=1S/C10H19IN2O.2ClH/c11-12-6-3-9(4-7-12)13-5-1-2-10(13)8-14;;/h9-10,14H,1-8H2;2*1H. The largest absolute Gasteiger partial charge is 0.395 e. The molecule has 0 aliphatic carbocycles. The SMILES string of the molecule is Cl.Cl.OCC1CCCN1C1CCN(I)CC1. The van der Waals surface area contributed by atoms with Crippen LogP contribution in [0.1, 0.15) is 25.7 Å². The van der Waals surface area contributed by atoms with Crippen molar-refractivity contribution in [1.82, 2.24) is 8.01 Å². The molecule has 2 saturated heterocycles. The predicted octanol–water partition coefficient (Wildman–Crippen LogP) is 2.10. The number of aliphatic hydroxyl groups is 1. The summed E-state index contributed by atoms with van der Waals surface area (Å²) in [4.78, 5) is 2.55. The van der Waals surface area contributed by atoms with Crippen LogP contribution in [0, 0.1) is 0 Å². The summed E-state index contributed by atoms with van der Waals surface area (Å²) >= 11 is 2.41. The molecular formula is C10H21Cl2IN2O. The maximum atomic E-state index is 9.27. The van der Waals surface area contributed by atoms with Crippen molar-refractivity contribution in [3.63, 3.8) is 0 Å². The molecule has 0 bridgehead atoms. The number of aliphatic hydroxyl groups excluding tert-OH is 1. The highest BCUT2D eigenvalue weighted by molar-refractivity contribution is 14.1. The Kier molecular flexibility index (Phi) is 8.94. The summed E-state index contributed by atoms with van der Waals surface area (Å²) in [5.41, 5.74) is 0. The van der Waals surface area contributed by atoms with Crippen LogP contribution in [-0.2, 0) is 0 Å². The first-order valence-electron chi connectivity index (χ1n) is 5.58. The van der Waals surface area contributed by atoms with Gasteiger partial charge in [0.2, 0.25) is 0 Å². The zero-order valence-electron chi connectivity index (χ0n) is 9.35. The fourth-order valence-electron chi connectivity index (χ4n) is 2.70. The zero-order valence-corrected chi connectivity index (χ0v) is 13.1. The van der Waals surface area contributed by atoms with Crippen molar-refractivity contribution in [2.75, 3.05) is 26.2 Å². The van der Waals surface area contributed by atoms with Crippen LogP contribution in [0.4, 0.5) is 0 Å². The summed E-state index contributed by atoms with van der Waals surface area (Å²) in [7, 11) is 0. The first kappa shape index (κ1) is 17.2. The molecule has 2 rings (SSSR count). The van der Waals surface area contributed by atoms with Crippen LogP contribution in [0.5, 0.6) is 0 Å². The van der Waals surface area contributed by atoms with E-state index in [1.807, 2.05) is 0 Å². The molecule has 98 valence electrons. The predicted molar refractivity (Wildman–Crippen MR) is 79.9 cm³/mol. The Bertz CT molecular complexity index is 192. The summed E-state index contributed by atoms with van der Waals surface area (Å²) in [6.45, 7) is 3.97. The Morgan fingerprint density at radius 3 is 2.25 bits per heavy atom. The van der Waals surface area contributed by atoms with E-state index in [-0.39, 0.29) is 24.8 Å². The molecule has 1 N–H and O–H groups in total. The second-order valence-electron chi connectivity index (χ2n) is 4.36. The molecule has 16 heavy (non-hydrogen) atoms. The molecule has 2 aliphatic rings. The van der Waals surface area contributed by atoms with Gasteiger partial charge in [-0.1, -0.05) is 0 Å². The van der Waals surface area contributed by atoms with Crippen LogP contribution >= 0.6 is 47.7 Å². The maximum absolute atomic E-state index is 9.27.